The quantitative estimate of drug-likeness (QED) is 0.881. The molecular weight excluding hydrogens is 258 g/mol. The summed E-state index contributed by atoms with van der Waals surface area (Å²) in [5, 5.41) is 2.75. The van der Waals surface area contributed by atoms with Crippen molar-refractivity contribution in [3.8, 4) is 0 Å². The number of anilines is 1. The Balaban J connectivity index is 1.95. The van der Waals surface area contributed by atoms with Gasteiger partial charge in [-0.1, -0.05) is 41.9 Å². The predicted octanol–water partition coefficient (Wildman–Crippen LogP) is 3.21. The largest absolute Gasteiger partial charge is 0.384 e. The van der Waals surface area contributed by atoms with Crippen LogP contribution < -0.4 is 16.2 Å². The highest BCUT2D eigenvalue weighted by Gasteiger charge is 2.24. The van der Waals surface area contributed by atoms with Crippen LogP contribution in [0, 0.1) is 0 Å². The Labute approximate surface area is 117 Å². The lowest BCUT2D eigenvalue weighted by molar-refractivity contribution is 0.701. The van der Waals surface area contributed by atoms with Crippen LogP contribution in [0.5, 0.6) is 0 Å². The third kappa shape index (κ3) is 2.37. The lowest BCUT2D eigenvalue weighted by Gasteiger charge is -2.27. The Kier molecular flexibility index (Phi) is 3.05. The topological polar surface area (TPSA) is 41.3 Å². The van der Waals surface area contributed by atoms with Crippen molar-refractivity contribution in [1.82, 2.24) is 5.43 Å². The molecule has 1 atom stereocenters. The van der Waals surface area contributed by atoms with E-state index < -0.39 is 0 Å². The van der Waals surface area contributed by atoms with Crippen molar-refractivity contribution >= 4 is 17.3 Å². The van der Waals surface area contributed by atoms with Gasteiger partial charge in [0.25, 0.3) is 0 Å². The Bertz CT molecular complexity index is 593. The van der Waals surface area contributed by atoms with Gasteiger partial charge in [-0.25, -0.2) is 0 Å². The van der Waals surface area contributed by atoms with E-state index in [0.717, 1.165) is 10.7 Å². The van der Waals surface area contributed by atoms with E-state index in [9.17, 15) is 0 Å². The van der Waals surface area contributed by atoms with Crippen molar-refractivity contribution in [2.75, 3.05) is 5.01 Å². The second-order valence-electron chi connectivity index (χ2n) is 4.44. The van der Waals surface area contributed by atoms with Gasteiger partial charge in [-0.3, -0.25) is 10.4 Å². The van der Waals surface area contributed by atoms with Crippen molar-refractivity contribution in [3.63, 3.8) is 0 Å². The minimum atomic E-state index is 0.0855. The van der Waals surface area contributed by atoms with Crippen LogP contribution in [0.3, 0.4) is 0 Å². The summed E-state index contributed by atoms with van der Waals surface area (Å²) >= 11 is 5.92. The van der Waals surface area contributed by atoms with E-state index in [4.69, 9.17) is 17.3 Å². The van der Waals surface area contributed by atoms with Crippen molar-refractivity contribution < 1.29 is 0 Å². The molecule has 0 amide bonds. The molecule has 0 saturated heterocycles. The lowest BCUT2D eigenvalue weighted by Crippen LogP contribution is -2.35. The van der Waals surface area contributed by atoms with E-state index in [1.807, 2.05) is 53.5 Å². The van der Waals surface area contributed by atoms with Gasteiger partial charge in [0.2, 0.25) is 0 Å². The average molecular weight is 272 g/mol. The zero-order chi connectivity index (χ0) is 13.2. The van der Waals surface area contributed by atoms with Crippen molar-refractivity contribution in [3.05, 3.63) is 77.1 Å². The van der Waals surface area contributed by atoms with Gasteiger partial charge in [0.1, 0.15) is 5.82 Å². The summed E-state index contributed by atoms with van der Waals surface area (Å²) < 4.78 is 0. The number of nitrogens with two attached hydrogens (primary N) is 1. The summed E-state index contributed by atoms with van der Waals surface area (Å²) in [7, 11) is 0. The van der Waals surface area contributed by atoms with Gasteiger partial charge in [0.05, 0.1) is 11.7 Å². The molecule has 0 saturated carbocycles. The molecule has 3 rings (SSSR count). The van der Waals surface area contributed by atoms with Crippen LogP contribution >= 0.6 is 11.6 Å². The summed E-state index contributed by atoms with van der Waals surface area (Å²) in [6, 6.07) is 18.0. The number of halogens is 1. The third-order valence-electron chi connectivity index (χ3n) is 3.11. The first-order chi connectivity index (χ1) is 9.24. The fourth-order valence-electron chi connectivity index (χ4n) is 2.21. The molecule has 19 heavy (non-hydrogen) atoms. The molecule has 1 aliphatic rings. The molecule has 3 N–H and O–H groups in total. The second-order valence-corrected chi connectivity index (χ2v) is 4.87. The Morgan fingerprint density at radius 3 is 2.37 bits per heavy atom. The summed E-state index contributed by atoms with van der Waals surface area (Å²) in [5.41, 5.74) is 11.3. The Morgan fingerprint density at radius 2 is 1.68 bits per heavy atom. The van der Waals surface area contributed by atoms with Crippen LogP contribution in [-0.2, 0) is 0 Å². The normalized spacial score (nSPS) is 18.1. The molecule has 1 aliphatic heterocycles. The van der Waals surface area contributed by atoms with Gasteiger partial charge in [0, 0.05) is 5.02 Å². The van der Waals surface area contributed by atoms with E-state index in [-0.39, 0.29) is 6.04 Å². The molecule has 1 unspecified atom stereocenters. The Hall–Kier alpha value is -2.13. The molecule has 0 aliphatic carbocycles. The summed E-state index contributed by atoms with van der Waals surface area (Å²) in [6.45, 7) is 0. The molecule has 3 nitrogen and oxygen atoms in total. The van der Waals surface area contributed by atoms with E-state index in [2.05, 4.69) is 17.6 Å². The average Bonchev–Trinajstić information content (AvgIpc) is 2.83. The van der Waals surface area contributed by atoms with E-state index in [1.54, 1.807) is 0 Å². The van der Waals surface area contributed by atoms with Crippen molar-refractivity contribution in [2.45, 2.75) is 6.04 Å². The smallest absolute Gasteiger partial charge is 0.113 e. The molecule has 0 spiro atoms. The fourth-order valence-corrected chi connectivity index (χ4v) is 2.34. The fraction of sp³-hybridized carbons (Fsp3) is 0.0667. The zero-order valence-electron chi connectivity index (χ0n) is 10.3. The van der Waals surface area contributed by atoms with Crippen LogP contribution in [0.25, 0.3) is 0 Å². The molecule has 96 valence electrons. The number of hydrazine groups is 1. The maximum Gasteiger partial charge on any atom is 0.113 e. The van der Waals surface area contributed by atoms with Gasteiger partial charge in [0.15, 0.2) is 0 Å². The molecule has 0 fully saturated rings. The number of benzene rings is 2. The van der Waals surface area contributed by atoms with Crippen LogP contribution in [0.1, 0.15) is 11.6 Å². The van der Waals surface area contributed by atoms with Crippen molar-refractivity contribution in [2.24, 2.45) is 5.73 Å². The number of hydrogen-bond donors (Lipinski definition) is 2. The number of rotatable bonds is 2. The first kappa shape index (κ1) is 11.9. The molecule has 0 bridgehead atoms. The molecule has 4 heteroatoms. The van der Waals surface area contributed by atoms with E-state index >= 15 is 0 Å². The third-order valence-corrected chi connectivity index (χ3v) is 3.36. The number of nitrogens with zero attached hydrogens (tertiary/aromatic N) is 1. The van der Waals surface area contributed by atoms with Gasteiger partial charge in [-0.2, -0.15) is 0 Å². The monoisotopic (exact) mass is 271 g/mol. The zero-order valence-corrected chi connectivity index (χ0v) is 11.0. The standard InChI is InChI=1S/C15H14ClN3/c16-12-6-8-13(9-7-12)19-14(10-15(17)18-19)11-4-2-1-3-5-11/h1-10,14,18H,17H2. The summed E-state index contributed by atoms with van der Waals surface area (Å²) in [5.74, 6) is 0.656. The van der Waals surface area contributed by atoms with Crippen LogP contribution in [0.15, 0.2) is 66.5 Å². The van der Waals surface area contributed by atoms with E-state index in [0.29, 0.717) is 5.82 Å². The first-order valence-corrected chi connectivity index (χ1v) is 6.45. The maximum absolute atomic E-state index is 5.92. The SMILES string of the molecule is NC1=CC(c2ccccc2)N(c2ccc(Cl)cc2)N1. The highest BCUT2D eigenvalue weighted by atomic mass is 35.5. The molecule has 0 radical (unpaired) electrons. The summed E-state index contributed by atoms with van der Waals surface area (Å²) in [4.78, 5) is 0. The van der Waals surface area contributed by atoms with Crippen LogP contribution in [0.2, 0.25) is 5.02 Å². The minimum absolute atomic E-state index is 0.0855. The van der Waals surface area contributed by atoms with E-state index in [1.165, 1.54) is 5.56 Å². The van der Waals surface area contributed by atoms with Gasteiger partial charge < -0.3 is 5.73 Å². The number of nitrogens with one attached hydrogen (secondary N) is 1. The highest BCUT2D eigenvalue weighted by Crippen LogP contribution is 2.31. The minimum Gasteiger partial charge on any atom is -0.384 e. The van der Waals surface area contributed by atoms with Gasteiger partial charge in [-0.05, 0) is 35.9 Å². The van der Waals surface area contributed by atoms with Crippen molar-refractivity contribution in [1.29, 1.82) is 0 Å². The predicted molar refractivity (Wildman–Crippen MR) is 78.5 cm³/mol. The Morgan fingerprint density at radius 1 is 1.00 bits per heavy atom. The van der Waals surface area contributed by atoms with Gasteiger partial charge >= 0.3 is 0 Å². The first-order valence-electron chi connectivity index (χ1n) is 6.08. The van der Waals surface area contributed by atoms with Gasteiger partial charge in [-0.15, -0.1) is 0 Å². The molecule has 2 aromatic rings. The summed E-state index contributed by atoms with van der Waals surface area (Å²) in [6.07, 6.45) is 2.00. The maximum atomic E-state index is 5.92. The molecule has 0 aromatic heterocycles. The molecule has 2 aromatic carbocycles. The molecular formula is C15H14ClN3. The van der Waals surface area contributed by atoms with Crippen LogP contribution in [0.4, 0.5) is 5.69 Å². The second kappa shape index (κ2) is 4.86. The lowest BCUT2D eigenvalue weighted by atomic mass is 10.1. The highest BCUT2D eigenvalue weighted by molar-refractivity contribution is 6.30. The van der Waals surface area contributed by atoms with Crippen LogP contribution in [-0.4, -0.2) is 0 Å². The molecule has 1 heterocycles. The number of hydrogen-bond acceptors (Lipinski definition) is 3.